The molecule has 1 amide bonds. The summed E-state index contributed by atoms with van der Waals surface area (Å²) < 4.78 is 0. The Hall–Kier alpha value is -2.76. The number of aryl methyl sites for hydroxylation is 2. The van der Waals surface area contributed by atoms with Crippen molar-refractivity contribution in [3.63, 3.8) is 0 Å². The van der Waals surface area contributed by atoms with Crippen LogP contribution in [0, 0.1) is 6.92 Å². The minimum atomic E-state index is -0.842. The number of aromatic nitrogens is 2. The molecule has 0 fully saturated rings. The average molecular weight is 325 g/mol. The van der Waals surface area contributed by atoms with Gasteiger partial charge < -0.3 is 10.0 Å². The van der Waals surface area contributed by atoms with Crippen molar-refractivity contribution in [3.8, 4) is 0 Å². The summed E-state index contributed by atoms with van der Waals surface area (Å²) in [6.45, 7) is 2.24. The lowest BCUT2D eigenvalue weighted by Crippen LogP contribution is -2.38. The average Bonchev–Trinajstić information content (AvgIpc) is 2.58. The van der Waals surface area contributed by atoms with Crippen LogP contribution in [0.4, 0.5) is 5.69 Å². The van der Waals surface area contributed by atoms with E-state index in [4.69, 9.17) is 0 Å². The number of carboxylic acids is 1. The third kappa shape index (κ3) is 3.27. The normalized spacial score (nSPS) is 16.5. The first-order chi connectivity index (χ1) is 11.6. The number of benzene rings is 1. The molecule has 0 saturated carbocycles. The molecular formula is C18H19N3O3. The molecule has 0 aliphatic carbocycles. The van der Waals surface area contributed by atoms with Crippen LogP contribution in [-0.4, -0.2) is 33.5 Å². The van der Waals surface area contributed by atoms with Crippen LogP contribution in [0.2, 0.25) is 0 Å². The van der Waals surface area contributed by atoms with Gasteiger partial charge in [-0.25, -0.2) is 9.97 Å². The highest BCUT2D eigenvalue weighted by Crippen LogP contribution is 2.35. The van der Waals surface area contributed by atoms with Crippen molar-refractivity contribution in [2.45, 2.75) is 32.1 Å². The lowest BCUT2D eigenvalue weighted by atomic mass is 9.90. The second-order valence-electron chi connectivity index (χ2n) is 5.88. The van der Waals surface area contributed by atoms with Crippen LogP contribution < -0.4 is 4.90 Å². The van der Waals surface area contributed by atoms with E-state index in [2.05, 4.69) is 9.97 Å². The Kier molecular flexibility index (Phi) is 4.55. The lowest BCUT2D eigenvalue weighted by Gasteiger charge is -2.32. The van der Waals surface area contributed by atoms with Crippen LogP contribution in [0.3, 0.4) is 0 Å². The van der Waals surface area contributed by atoms with Gasteiger partial charge in [-0.2, -0.15) is 0 Å². The van der Waals surface area contributed by atoms with E-state index in [-0.39, 0.29) is 5.91 Å². The van der Waals surface area contributed by atoms with Gasteiger partial charge in [0.2, 0.25) is 5.91 Å². The molecule has 6 heteroatoms. The third-order valence-electron chi connectivity index (χ3n) is 4.27. The molecule has 124 valence electrons. The van der Waals surface area contributed by atoms with Crippen LogP contribution in [0.5, 0.6) is 0 Å². The first kappa shape index (κ1) is 16.1. The number of aliphatic carboxylic acids is 1. The van der Waals surface area contributed by atoms with Gasteiger partial charge in [0.05, 0.1) is 5.92 Å². The van der Waals surface area contributed by atoms with E-state index in [0.717, 1.165) is 5.69 Å². The lowest BCUT2D eigenvalue weighted by molar-refractivity contribution is -0.139. The van der Waals surface area contributed by atoms with Gasteiger partial charge in [0.25, 0.3) is 0 Å². The molecule has 1 N–H and O–H groups in total. The van der Waals surface area contributed by atoms with Crippen LogP contribution in [0.15, 0.2) is 36.5 Å². The maximum atomic E-state index is 12.6. The summed E-state index contributed by atoms with van der Waals surface area (Å²) in [7, 11) is 0. The number of para-hydroxylation sites is 1. The Labute approximate surface area is 140 Å². The summed E-state index contributed by atoms with van der Waals surface area (Å²) in [6.07, 6.45) is 3.01. The highest BCUT2D eigenvalue weighted by atomic mass is 16.4. The standard InChI is InChI=1S/C18H19N3O3/c1-12-19-10-8-13(20-12)6-7-17(22)21-11-9-15(18(23)24)14-4-2-3-5-16(14)21/h2-5,8,10,15H,6-7,9,11H2,1H3,(H,23,24). The predicted molar refractivity (Wildman–Crippen MR) is 88.9 cm³/mol. The summed E-state index contributed by atoms with van der Waals surface area (Å²) in [5.74, 6) is -0.712. The monoisotopic (exact) mass is 325 g/mol. The van der Waals surface area contributed by atoms with E-state index in [9.17, 15) is 14.7 Å². The van der Waals surface area contributed by atoms with E-state index in [1.807, 2.05) is 31.2 Å². The Balaban J connectivity index is 1.75. The minimum absolute atomic E-state index is 0.0115. The number of rotatable bonds is 4. The molecule has 1 aromatic carbocycles. The number of carbonyl (C=O) groups excluding carboxylic acids is 1. The smallest absolute Gasteiger partial charge is 0.311 e. The molecule has 0 saturated heterocycles. The molecule has 3 rings (SSSR count). The summed E-state index contributed by atoms with van der Waals surface area (Å²) in [4.78, 5) is 34.1. The molecule has 1 aliphatic rings. The summed E-state index contributed by atoms with van der Waals surface area (Å²) >= 11 is 0. The Bertz CT molecular complexity index is 776. The number of carboxylic acid groups (broad SMARTS) is 1. The maximum Gasteiger partial charge on any atom is 0.311 e. The van der Waals surface area contributed by atoms with Crippen LogP contribution in [0.1, 0.15) is 35.8 Å². The van der Waals surface area contributed by atoms with Crippen LogP contribution >= 0.6 is 0 Å². The second kappa shape index (κ2) is 6.78. The van der Waals surface area contributed by atoms with Crippen LogP contribution in [-0.2, 0) is 16.0 Å². The van der Waals surface area contributed by atoms with Crippen LogP contribution in [0.25, 0.3) is 0 Å². The Morgan fingerprint density at radius 1 is 1.29 bits per heavy atom. The first-order valence-electron chi connectivity index (χ1n) is 7.97. The topological polar surface area (TPSA) is 83.4 Å². The largest absolute Gasteiger partial charge is 0.481 e. The van der Waals surface area contributed by atoms with Crippen molar-refractivity contribution in [2.75, 3.05) is 11.4 Å². The van der Waals surface area contributed by atoms with Gasteiger partial charge >= 0.3 is 5.97 Å². The van der Waals surface area contributed by atoms with Gasteiger partial charge in [0.1, 0.15) is 5.82 Å². The number of fused-ring (bicyclic) bond motifs is 1. The van der Waals surface area contributed by atoms with Gasteiger partial charge in [-0.1, -0.05) is 18.2 Å². The molecule has 0 bridgehead atoms. The number of carbonyl (C=O) groups is 2. The van der Waals surface area contributed by atoms with E-state index < -0.39 is 11.9 Å². The Morgan fingerprint density at radius 2 is 2.08 bits per heavy atom. The van der Waals surface area contributed by atoms with Gasteiger partial charge in [-0.3, -0.25) is 9.59 Å². The van der Waals surface area contributed by atoms with Gasteiger partial charge in [-0.05, 0) is 37.5 Å². The van der Waals surface area contributed by atoms with Gasteiger partial charge in [-0.15, -0.1) is 0 Å². The third-order valence-corrected chi connectivity index (χ3v) is 4.27. The maximum absolute atomic E-state index is 12.6. The zero-order valence-corrected chi connectivity index (χ0v) is 13.5. The van der Waals surface area contributed by atoms with E-state index in [0.29, 0.717) is 42.9 Å². The molecule has 6 nitrogen and oxygen atoms in total. The van der Waals surface area contributed by atoms with Crippen molar-refractivity contribution in [1.82, 2.24) is 9.97 Å². The number of hydrogen-bond acceptors (Lipinski definition) is 4. The second-order valence-corrected chi connectivity index (χ2v) is 5.88. The molecule has 2 heterocycles. The minimum Gasteiger partial charge on any atom is -0.481 e. The molecule has 1 aliphatic heterocycles. The molecule has 1 atom stereocenters. The van der Waals surface area contributed by atoms with Gasteiger partial charge in [0.15, 0.2) is 0 Å². The van der Waals surface area contributed by atoms with Crippen molar-refractivity contribution >= 4 is 17.6 Å². The van der Waals surface area contributed by atoms with Crippen molar-refractivity contribution in [3.05, 3.63) is 53.6 Å². The summed E-state index contributed by atoms with van der Waals surface area (Å²) in [5.41, 5.74) is 2.26. The van der Waals surface area contributed by atoms with E-state index in [1.54, 1.807) is 17.2 Å². The zero-order valence-electron chi connectivity index (χ0n) is 13.5. The molecule has 0 spiro atoms. The zero-order chi connectivity index (χ0) is 17.1. The highest BCUT2D eigenvalue weighted by molar-refractivity contribution is 5.96. The Morgan fingerprint density at radius 3 is 2.83 bits per heavy atom. The summed E-state index contributed by atoms with van der Waals surface area (Å²) in [6, 6.07) is 9.06. The van der Waals surface area contributed by atoms with Crippen molar-refractivity contribution in [1.29, 1.82) is 0 Å². The molecule has 24 heavy (non-hydrogen) atoms. The van der Waals surface area contributed by atoms with E-state index in [1.165, 1.54) is 0 Å². The molecule has 1 aromatic heterocycles. The molecule has 2 aromatic rings. The highest BCUT2D eigenvalue weighted by Gasteiger charge is 2.32. The fraction of sp³-hybridized carbons (Fsp3) is 0.333. The first-order valence-corrected chi connectivity index (χ1v) is 7.97. The predicted octanol–water partition coefficient (Wildman–Crippen LogP) is 2.32. The molecular weight excluding hydrogens is 306 g/mol. The number of nitrogens with zero attached hydrogens (tertiary/aromatic N) is 3. The molecule has 0 radical (unpaired) electrons. The number of anilines is 1. The summed E-state index contributed by atoms with van der Waals surface area (Å²) in [5, 5.41) is 9.37. The quantitative estimate of drug-likeness (QED) is 0.932. The molecule has 1 unspecified atom stereocenters. The fourth-order valence-corrected chi connectivity index (χ4v) is 3.09. The van der Waals surface area contributed by atoms with E-state index >= 15 is 0 Å². The number of hydrogen-bond donors (Lipinski definition) is 1. The number of amides is 1. The van der Waals surface area contributed by atoms with Crippen molar-refractivity contribution in [2.24, 2.45) is 0 Å². The SMILES string of the molecule is Cc1nccc(CCC(=O)N2CCC(C(=O)O)c3ccccc32)n1. The fourth-order valence-electron chi connectivity index (χ4n) is 3.09. The van der Waals surface area contributed by atoms with Gasteiger partial charge in [0, 0.05) is 30.5 Å². The van der Waals surface area contributed by atoms with Crippen molar-refractivity contribution < 1.29 is 14.7 Å².